The second kappa shape index (κ2) is 5.17. The maximum atomic E-state index is 14.2. The molecule has 21 heavy (non-hydrogen) atoms. The Kier molecular flexibility index (Phi) is 3.34. The van der Waals surface area contributed by atoms with E-state index in [2.05, 4.69) is 6.92 Å². The molecule has 0 bridgehead atoms. The topological polar surface area (TPSA) is 20.2 Å². The number of hydrogen-bond donors (Lipinski definition) is 1. The van der Waals surface area contributed by atoms with Crippen molar-refractivity contribution in [3.05, 3.63) is 65.7 Å². The van der Waals surface area contributed by atoms with Gasteiger partial charge in [-0.1, -0.05) is 37.3 Å². The molecule has 0 amide bonds. The highest BCUT2D eigenvalue weighted by Crippen LogP contribution is 2.32. The SMILES string of the molecule is CCc1ccc(-c2cc(F)c3c(F)c(O)ccc3c2)cc1. The first-order valence-corrected chi connectivity index (χ1v) is 6.80. The van der Waals surface area contributed by atoms with Crippen molar-refractivity contribution in [1.82, 2.24) is 0 Å². The second-order valence-electron chi connectivity index (χ2n) is 5.01. The fourth-order valence-electron chi connectivity index (χ4n) is 2.46. The zero-order valence-corrected chi connectivity index (χ0v) is 11.5. The minimum atomic E-state index is -0.919. The molecule has 0 heterocycles. The van der Waals surface area contributed by atoms with Crippen LogP contribution in [0.3, 0.4) is 0 Å². The molecule has 3 rings (SSSR count). The summed E-state index contributed by atoms with van der Waals surface area (Å²) < 4.78 is 28.0. The molecule has 1 nitrogen and oxygen atoms in total. The number of phenolic OH excluding ortho intramolecular Hbond substituents is 1. The van der Waals surface area contributed by atoms with E-state index in [1.807, 2.05) is 24.3 Å². The van der Waals surface area contributed by atoms with Crippen LogP contribution >= 0.6 is 0 Å². The van der Waals surface area contributed by atoms with Gasteiger partial charge in [-0.05, 0) is 46.7 Å². The lowest BCUT2D eigenvalue weighted by Crippen LogP contribution is -1.89. The van der Waals surface area contributed by atoms with Crippen LogP contribution in [0.2, 0.25) is 0 Å². The van der Waals surface area contributed by atoms with E-state index in [1.165, 1.54) is 23.8 Å². The van der Waals surface area contributed by atoms with Gasteiger partial charge in [0.1, 0.15) is 5.82 Å². The fraction of sp³-hybridized carbons (Fsp3) is 0.111. The zero-order chi connectivity index (χ0) is 15.0. The summed E-state index contributed by atoms with van der Waals surface area (Å²) in [5.41, 5.74) is 2.77. The van der Waals surface area contributed by atoms with Crippen molar-refractivity contribution in [2.45, 2.75) is 13.3 Å². The molecule has 106 valence electrons. The van der Waals surface area contributed by atoms with Gasteiger partial charge < -0.3 is 5.11 Å². The van der Waals surface area contributed by atoms with Gasteiger partial charge in [-0.2, -0.15) is 0 Å². The van der Waals surface area contributed by atoms with E-state index in [0.717, 1.165) is 12.0 Å². The van der Waals surface area contributed by atoms with Gasteiger partial charge in [-0.25, -0.2) is 8.78 Å². The van der Waals surface area contributed by atoms with E-state index in [-0.39, 0.29) is 5.39 Å². The van der Waals surface area contributed by atoms with Gasteiger partial charge in [0.2, 0.25) is 0 Å². The number of benzene rings is 3. The first-order chi connectivity index (χ1) is 10.1. The summed E-state index contributed by atoms with van der Waals surface area (Å²) in [5.74, 6) is -2.13. The molecule has 0 spiro atoms. The molecule has 0 atom stereocenters. The van der Waals surface area contributed by atoms with Gasteiger partial charge in [0.15, 0.2) is 11.6 Å². The normalized spacial score (nSPS) is 11.0. The van der Waals surface area contributed by atoms with Gasteiger partial charge in [0, 0.05) is 0 Å². The molecule has 0 fully saturated rings. The Balaban J connectivity index is 2.18. The summed E-state index contributed by atoms with van der Waals surface area (Å²) >= 11 is 0. The predicted molar refractivity (Wildman–Crippen MR) is 80.3 cm³/mol. The molecule has 0 aromatic heterocycles. The summed E-state index contributed by atoms with van der Waals surface area (Å²) in [6.45, 7) is 2.07. The van der Waals surface area contributed by atoms with Crippen molar-refractivity contribution in [1.29, 1.82) is 0 Å². The van der Waals surface area contributed by atoms with Crippen molar-refractivity contribution in [2.24, 2.45) is 0 Å². The van der Waals surface area contributed by atoms with Crippen molar-refractivity contribution in [3.63, 3.8) is 0 Å². The standard InChI is InChI=1S/C18H14F2O/c1-2-11-3-5-12(6-4-11)14-9-13-7-8-16(21)18(20)17(13)15(19)10-14/h3-10,21H,2H2,1H3. The van der Waals surface area contributed by atoms with Crippen LogP contribution in [0.15, 0.2) is 48.5 Å². The van der Waals surface area contributed by atoms with Gasteiger partial charge in [-0.3, -0.25) is 0 Å². The molecular formula is C18H14F2O. The monoisotopic (exact) mass is 284 g/mol. The third kappa shape index (κ3) is 2.35. The van der Waals surface area contributed by atoms with E-state index in [1.54, 1.807) is 6.07 Å². The highest BCUT2D eigenvalue weighted by molar-refractivity contribution is 5.89. The maximum Gasteiger partial charge on any atom is 0.175 e. The van der Waals surface area contributed by atoms with E-state index >= 15 is 0 Å². The van der Waals surface area contributed by atoms with Crippen molar-refractivity contribution >= 4 is 10.8 Å². The predicted octanol–water partition coefficient (Wildman–Crippen LogP) is 5.05. The average molecular weight is 284 g/mol. The maximum absolute atomic E-state index is 14.2. The summed E-state index contributed by atoms with van der Waals surface area (Å²) in [6, 6.07) is 13.6. The molecule has 3 aromatic rings. The summed E-state index contributed by atoms with van der Waals surface area (Å²) in [6.07, 6.45) is 0.941. The number of aryl methyl sites for hydroxylation is 1. The van der Waals surface area contributed by atoms with Crippen molar-refractivity contribution in [3.8, 4) is 16.9 Å². The molecular weight excluding hydrogens is 270 g/mol. The van der Waals surface area contributed by atoms with E-state index in [4.69, 9.17) is 0 Å². The minimum Gasteiger partial charge on any atom is -0.505 e. The van der Waals surface area contributed by atoms with Crippen LogP contribution in [0.5, 0.6) is 5.75 Å². The van der Waals surface area contributed by atoms with E-state index in [9.17, 15) is 13.9 Å². The van der Waals surface area contributed by atoms with Crippen LogP contribution in [-0.4, -0.2) is 5.11 Å². The summed E-state index contributed by atoms with van der Waals surface area (Å²) in [4.78, 5) is 0. The average Bonchev–Trinajstić information content (AvgIpc) is 2.50. The summed E-state index contributed by atoms with van der Waals surface area (Å²) in [5, 5.41) is 9.60. The van der Waals surface area contributed by atoms with Gasteiger partial charge >= 0.3 is 0 Å². The quantitative estimate of drug-likeness (QED) is 0.698. The number of aromatic hydroxyl groups is 1. The largest absolute Gasteiger partial charge is 0.505 e. The Labute approximate surface area is 121 Å². The van der Waals surface area contributed by atoms with Gasteiger partial charge in [-0.15, -0.1) is 0 Å². The number of phenols is 1. The van der Waals surface area contributed by atoms with E-state index in [0.29, 0.717) is 10.9 Å². The van der Waals surface area contributed by atoms with Crippen molar-refractivity contribution in [2.75, 3.05) is 0 Å². The zero-order valence-electron chi connectivity index (χ0n) is 11.5. The molecule has 0 aliphatic carbocycles. The van der Waals surface area contributed by atoms with Gasteiger partial charge in [0.05, 0.1) is 5.39 Å². The van der Waals surface area contributed by atoms with Crippen LogP contribution in [0.1, 0.15) is 12.5 Å². The fourth-order valence-corrected chi connectivity index (χ4v) is 2.46. The molecule has 0 radical (unpaired) electrons. The molecule has 3 aromatic carbocycles. The lowest BCUT2D eigenvalue weighted by atomic mass is 9.99. The summed E-state index contributed by atoms with van der Waals surface area (Å²) in [7, 11) is 0. The number of rotatable bonds is 2. The Morgan fingerprint density at radius 2 is 1.62 bits per heavy atom. The first kappa shape index (κ1) is 13.6. The third-order valence-electron chi connectivity index (χ3n) is 3.68. The molecule has 0 saturated carbocycles. The molecule has 1 N–H and O–H groups in total. The van der Waals surface area contributed by atoms with Crippen LogP contribution in [0.25, 0.3) is 21.9 Å². The molecule has 0 aliphatic rings. The van der Waals surface area contributed by atoms with Crippen LogP contribution in [-0.2, 0) is 6.42 Å². The molecule has 0 saturated heterocycles. The van der Waals surface area contributed by atoms with Gasteiger partial charge in [0.25, 0.3) is 0 Å². The number of hydrogen-bond acceptors (Lipinski definition) is 1. The Bertz CT molecular complexity index is 808. The smallest absolute Gasteiger partial charge is 0.175 e. The lowest BCUT2D eigenvalue weighted by Gasteiger charge is -2.08. The Hall–Kier alpha value is -2.42. The van der Waals surface area contributed by atoms with E-state index < -0.39 is 17.4 Å². The van der Waals surface area contributed by atoms with Crippen LogP contribution in [0.4, 0.5) is 8.78 Å². The number of halogens is 2. The van der Waals surface area contributed by atoms with Crippen LogP contribution < -0.4 is 0 Å². The molecule has 3 heteroatoms. The molecule has 0 unspecified atom stereocenters. The molecule has 0 aliphatic heterocycles. The minimum absolute atomic E-state index is 0.177. The Morgan fingerprint density at radius 3 is 2.29 bits per heavy atom. The van der Waals surface area contributed by atoms with Crippen LogP contribution in [0, 0.1) is 11.6 Å². The second-order valence-corrected chi connectivity index (χ2v) is 5.01. The first-order valence-electron chi connectivity index (χ1n) is 6.80. The van der Waals surface area contributed by atoms with Crippen molar-refractivity contribution < 1.29 is 13.9 Å². The highest BCUT2D eigenvalue weighted by Gasteiger charge is 2.13. The Morgan fingerprint density at radius 1 is 0.905 bits per heavy atom. The lowest BCUT2D eigenvalue weighted by molar-refractivity contribution is 0.435. The highest BCUT2D eigenvalue weighted by atomic mass is 19.1. The number of fused-ring (bicyclic) bond motifs is 1. The third-order valence-corrected chi connectivity index (χ3v) is 3.68.